The summed E-state index contributed by atoms with van der Waals surface area (Å²) < 4.78 is 7.60. The number of aromatic nitrogens is 5. The van der Waals surface area contributed by atoms with Crippen molar-refractivity contribution >= 4 is 0 Å². The normalized spacial score (nSPS) is 18.6. The van der Waals surface area contributed by atoms with Crippen molar-refractivity contribution < 1.29 is 4.52 Å². The molecule has 0 N–H and O–H groups in total. The molecule has 0 saturated heterocycles. The molecule has 3 heterocycles. The zero-order valence-electron chi connectivity index (χ0n) is 13.0. The fraction of sp³-hybridized carbons (Fsp3) is 0.733. The highest BCUT2D eigenvalue weighted by Crippen LogP contribution is 2.39. The first-order valence-electron chi connectivity index (χ1n) is 8.29. The minimum atomic E-state index is 0.658. The molecular formula is C15H22N6O. The van der Waals surface area contributed by atoms with E-state index in [1.807, 2.05) is 0 Å². The molecule has 1 aliphatic heterocycles. The molecule has 0 spiro atoms. The van der Waals surface area contributed by atoms with Crippen molar-refractivity contribution in [2.75, 3.05) is 6.54 Å². The minimum Gasteiger partial charge on any atom is -0.339 e. The molecule has 0 unspecified atom stereocenters. The molecule has 118 valence electrons. The van der Waals surface area contributed by atoms with Gasteiger partial charge in [0.15, 0.2) is 5.82 Å². The highest BCUT2D eigenvalue weighted by Gasteiger charge is 2.32. The second-order valence-corrected chi connectivity index (χ2v) is 6.32. The Balaban J connectivity index is 1.39. The van der Waals surface area contributed by atoms with Gasteiger partial charge in [0.1, 0.15) is 11.6 Å². The van der Waals surface area contributed by atoms with Gasteiger partial charge in [-0.05, 0) is 19.3 Å². The van der Waals surface area contributed by atoms with E-state index in [9.17, 15) is 0 Å². The Hall–Kier alpha value is -1.76. The number of hydrogen-bond acceptors (Lipinski definition) is 6. The summed E-state index contributed by atoms with van der Waals surface area (Å²) in [5, 5.41) is 12.8. The topological polar surface area (TPSA) is 72.9 Å². The lowest BCUT2D eigenvalue weighted by Crippen LogP contribution is -2.34. The van der Waals surface area contributed by atoms with Gasteiger partial charge in [0, 0.05) is 25.4 Å². The van der Waals surface area contributed by atoms with Crippen LogP contribution in [-0.2, 0) is 26.1 Å². The van der Waals surface area contributed by atoms with Gasteiger partial charge in [-0.25, -0.2) is 0 Å². The molecule has 7 nitrogen and oxygen atoms in total. The molecule has 22 heavy (non-hydrogen) atoms. The molecule has 0 atom stereocenters. The van der Waals surface area contributed by atoms with Crippen molar-refractivity contribution in [2.24, 2.45) is 0 Å². The second kappa shape index (κ2) is 5.79. The summed E-state index contributed by atoms with van der Waals surface area (Å²) in [4.78, 5) is 6.79. The Kier molecular flexibility index (Phi) is 3.65. The standard InChI is InChI=1S/C15H22N6O/c1-2-3-4-14-16-12(19-22-14)9-20-7-8-21-13(10-20)17-18-15(21)11-5-6-11/h11H,2-10H2,1H3. The highest BCUT2D eigenvalue weighted by atomic mass is 16.5. The molecule has 0 aromatic carbocycles. The predicted octanol–water partition coefficient (Wildman–Crippen LogP) is 1.90. The number of nitrogens with zero attached hydrogens (tertiary/aromatic N) is 6. The largest absolute Gasteiger partial charge is 0.339 e. The monoisotopic (exact) mass is 302 g/mol. The Morgan fingerprint density at radius 2 is 2.14 bits per heavy atom. The second-order valence-electron chi connectivity index (χ2n) is 6.32. The van der Waals surface area contributed by atoms with Gasteiger partial charge in [0.25, 0.3) is 0 Å². The molecule has 0 radical (unpaired) electrons. The van der Waals surface area contributed by atoms with E-state index in [2.05, 4.69) is 36.7 Å². The first kappa shape index (κ1) is 13.9. The summed E-state index contributed by atoms with van der Waals surface area (Å²) >= 11 is 0. The first-order valence-corrected chi connectivity index (χ1v) is 8.29. The molecule has 1 aliphatic carbocycles. The summed E-state index contributed by atoms with van der Waals surface area (Å²) in [5.74, 6) is 4.46. The van der Waals surface area contributed by atoms with E-state index in [0.29, 0.717) is 5.92 Å². The van der Waals surface area contributed by atoms with Crippen LogP contribution in [0.25, 0.3) is 0 Å². The summed E-state index contributed by atoms with van der Waals surface area (Å²) in [6.45, 7) is 5.66. The molecule has 2 aromatic rings. The van der Waals surface area contributed by atoms with Crippen LogP contribution < -0.4 is 0 Å². The van der Waals surface area contributed by atoms with E-state index in [0.717, 1.165) is 63.0 Å². The van der Waals surface area contributed by atoms with Gasteiger partial charge in [-0.3, -0.25) is 4.90 Å². The first-order chi connectivity index (χ1) is 10.8. The fourth-order valence-corrected chi connectivity index (χ4v) is 2.99. The number of aryl methyl sites for hydroxylation is 1. The van der Waals surface area contributed by atoms with Gasteiger partial charge in [0.2, 0.25) is 5.89 Å². The predicted molar refractivity (Wildman–Crippen MR) is 79.0 cm³/mol. The van der Waals surface area contributed by atoms with Crippen molar-refractivity contribution in [3.63, 3.8) is 0 Å². The van der Waals surface area contributed by atoms with E-state index in [-0.39, 0.29) is 0 Å². The Labute approximate surface area is 129 Å². The zero-order valence-corrected chi connectivity index (χ0v) is 13.0. The number of unbranched alkanes of at least 4 members (excludes halogenated alkanes) is 1. The third-order valence-corrected chi connectivity index (χ3v) is 4.42. The fourth-order valence-electron chi connectivity index (χ4n) is 2.99. The smallest absolute Gasteiger partial charge is 0.226 e. The summed E-state index contributed by atoms with van der Waals surface area (Å²) in [6, 6.07) is 0. The summed E-state index contributed by atoms with van der Waals surface area (Å²) in [5.41, 5.74) is 0. The van der Waals surface area contributed by atoms with Crippen LogP contribution in [0.2, 0.25) is 0 Å². The van der Waals surface area contributed by atoms with E-state index in [1.54, 1.807) is 0 Å². The molecule has 1 fully saturated rings. The van der Waals surface area contributed by atoms with Crippen molar-refractivity contribution in [2.45, 2.75) is 64.6 Å². The van der Waals surface area contributed by atoms with E-state index in [1.165, 1.54) is 18.7 Å². The van der Waals surface area contributed by atoms with Crippen molar-refractivity contribution in [1.82, 2.24) is 29.8 Å². The van der Waals surface area contributed by atoms with E-state index >= 15 is 0 Å². The van der Waals surface area contributed by atoms with Crippen LogP contribution in [0.1, 0.15) is 61.9 Å². The lowest BCUT2D eigenvalue weighted by Gasteiger charge is -2.26. The molecule has 1 saturated carbocycles. The molecular weight excluding hydrogens is 280 g/mol. The molecule has 2 aliphatic rings. The zero-order chi connectivity index (χ0) is 14.9. The van der Waals surface area contributed by atoms with Gasteiger partial charge in [-0.1, -0.05) is 18.5 Å². The van der Waals surface area contributed by atoms with Crippen LogP contribution in [0, 0.1) is 0 Å². The molecule has 0 bridgehead atoms. The van der Waals surface area contributed by atoms with Crippen LogP contribution in [0.3, 0.4) is 0 Å². The van der Waals surface area contributed by atoms with Crippen LogP contribution in [0.4, 0.5) is 0 Å². The Morgan fingerprint density at radius 3 is 2.95 bits per heavy atom. The minimum absolute atomic E-state index is 0.658. The summed E-state index contributed by atoms with van der Waals surface area (Å²) in [6.07, 6.45) is 5.65. The van der Waals surface area contributed by atoms with Gasteiger partial charge >= 0.3 is 0 Å². The maximum Gasteiger partial charge on any atom is 0.226 e. The quantitative estimate of drug-likeness (QED) is 0.811. The Bertz CT molecular complexity index is 644. The number of hydrogen-bond donors (Lipinski definition) is 0. The lowest BCUT2D eigenvalue weighted by atomic mass is 10.2. The lowest BCUT2D eigenvalue weighted by molar-refractivity contribution is 0.200. The van der Waals surface area contributed by atoms with Crippen LogP contribution in [0.5, 0.6) is 0 Å². The van der Waals surface area contributed by atoms with Crippen LogP contribution in [-0.4, -0.2) is 36.3 Å². The molecule has 0 amide bonds. The average Bonchev–Trinajstić information content (AvgIpc) is 3.14. The summed E-state index contributed by atoms with van der Waals surface area (Å²) in [7, 11) is 0. The van der Waals surface area contributed by atoms with E-state index in [4.69, 9.17) is 4.52 Å². The third kappa shape index (κ3) is 2.77. The maximum absolute atomic E-state index is 5.30. The van der Waals surface area contributed by atoms with Gasteiger partial charge in [-0.15, -0.1) is 10.2 Å². The highest BCUT2D eigenvalue weighted by molar-refractivity contribution is 5.09. The molecule has 2 aromatic heterocycles. The SMILES string of the molecule is CCCCc1nc(CN2CCn3c(nnc3C3CC3)C2)no1. The number of fused-ring (bicyclic) bond motifs is 1. The molecule has 4 rings (SSSR count). The Morgan fingerprint density at radius 1 is 1.23 bits per heavy atom. The number of rotatable bonds is 6. The van der Waals surface area contributed by atoms with Crippen molar-refractivity contribution in [1.29, 1.82) is 0 Å². The average molecular weight is 302 g/mol. The van der Waals surface area contributed by atoms with Gasteiger partial charge in [-0.2, -0.15) is 4.98 Å². The maximum atomic E-state index is 5.30. The third-order valence-electron chi connectivity index (χ3n) is 4.42. The van der Waals surface area contributed by atoms with Crippen LogP contribution >= 0.6 is 0 Å². The van der Waals surface area contributed by atoms with Crippen LogP contribution in [0.15, 0.2) is 4.52 Å². The van der Waals surface area contributed by atoms with Crippen molar-refractivity contribution in [3.8, 4) is 0 Å². The van der Waals surface area contributed by atoms with E-state index < -0.39 is 0 Å². The van der Waals surface area contributed by atoms with Crippen molar-refractivity contribution in [3.05, 3.63) is 23.4 Å². The van der Waals surface area contributed by atoms with Gasteiger partial charge < -0.3 is 9.09 Å². The molecule has 7 heteroatoms. The van der Waals surface area contributed by atoms with Gasteiger partial charge in [0.05, 0.1) is 13.1 Å².